The van der Waals surface area contributed by atoms with Crippen LogP contribution in [0.25, 0.3) is 45.0 Å². The van der Waals surface area contributed by atoms with E-state index in [9.17, 15) is 0 Å². The number of aromatic amines is 1. The first-order chi connectivity index (χ1) is 17.7. The molecule has 5 heteroatoms. The van der Waals surface area contributed by atoms with Gasteiger partial charge in [-0.1, -0.05) is 36.4 Å². The molecular weight excluding hydrogens is 460 g/mol. The number of thioether (sulfide) groups is 1. The van der Waals surface area contributed by atoms with E-state index in [-0.39, 0.29) is 0 Å². The highest BCUT2D eigenvalue weighted by Gasteiger charge is 2.23. The normalized spacial score (nSPS) is 14.6. The summed E-state index contributed by atoms with van der Waals surface area (Å²) in [6.45, 7) is 4.46. The van der Waals surface area contributed by atoms with Crippen molar-refractivity contribution in [3.63, 3.8) is 0 Å². The van der Waals surface area contributed by atoms with E-state index in [1.165, 1.54) is 80.5 Å². The van der Waals surface area contributed by atoms with Gasteiger partial charge in [-0.3, -0.25) is 0 Å². The number of H-pyrrole nitrogens is 1. The number of nitrogens with one attached hydrogen (secondary N) is 2. The third-order valence-electron chi connectivity index (χ3n) is 7.43. The van der Waals surface area contributed by atoms with Crippen molar-refractivity contribution in [2.75, 3.05) is 37.8 Å². The van der Waals surface area contributed by atoms with Crippen LogP contribution in [0.4, 0.5) is 5.69 Å². The van der Waals surface area contributed by atoms with Crippen LogP contribution in [-0.2, 0) is 7.05 Å². The number of rotatable bonds is 7. The predicted molar refractivity (Wildman–Crippen MR) is 156 cm³/mol. The Hall–Kier alpha value is -3.28. The molecule has 2 N–H and O–H groups in total. The average Bonchev–Trinajstić information content (AvgIpc) is 3.57. The summed E-state index contributed by atoms with van der Waals surface area (Å²) in [7, 11) is 2.18. The van der Waals surface area contributed by atoms with E-state index in [4.69, 9.17) is 0 Å². The van der Waals surface area contributed by atoms with Crippen LogP contribution in [-0.4, -0.2) is 42.3 Å². The summed E-state index contributed by atoms with van der Waals surface area (Å²) in [5, 5.41) is 6.36. The lowest BCUT2D eigenvalue weighted by Crippen LogP contribution is -2.31. The molecule has 0 radical (unpaired) electrons. The monoisotopic (exact) mass is 493 g/mol. The zero-order valence-corrected chi connectivity index (χ0v) is 21.9. The molecule has 2 aromatic heterocycles. The van der Waals surface area contributed by atoms with Gasteiger partial charge in [0.1, 0.15) is 12.6 Å². The van der Waals surface area contributed by atoms with Crippen LogP contribution in [0.2, 0.25) is 0 Å². The first kappa shape index (κ1) is 23.1. The maximum Gasteiger partial charge on any atom is 0.240 e. The van der Waals surface area contributed by atoms with Crippen molar-refractivity contribution in [2.24, 2.45) is 7.05 Å². The minimum Gasteiger partial charge on any atom is -0.381 e. The molecule has 3 heterocycles. The van der Waals surface area contributed by atoms with Crippen molar-refractivity contribution in [3.8, 4) is 0 Å². The van der Waals surface area contributed by atoms with Crippen LogP contribution < -0.4 is 9.88 Å². The van der Waals surface area contributed by atoms with Gasteiger partial charge in [0.05, 0.1) is 22.0 Å². The molecule has 0 saturated carbocycles. The maximum atomic E-state index is 3.85. The second kappa shape index (κ2) is 10.00. The van der Waals surface area contributed by atoms with Crippen LogP contribution in [0.15, 0.2) is 71.6 Å². The molecular formula is C31H33N4S+. The summed E-state index contributed by atoms with van der Waals surface area (Å²) in [4.78, 5) is 7.58. The fourth-order valence-corrected chi connectivity index (χ4v) is 5.91. The number of aromatic nitrogens is 2. The summed E-state index contributed by atoms with van der Waals surface area (Å²) in [5.74, 6) is 0. The number of nitrogens with zero attached hydrogens (tertiary/aromatic N) is 2. The molecule has 182 valence electrons. The number of anilines is 1. The molecule has 1 saturated heterocycles. The van der Waals surface area contributed by atoms with Crippen molar-refractivity contribution in [3.05, 3.63) is 77.9 Å². The molecule has 0 aliphatic carbocycles. The van der Waals surface area contributed by atoms with E-state index >= 15 is 0 Å². The molecule has 5 aromatic rings. The van der Waals surface area contributed by atoms with Gasteiger partial charge < -0.3 is 15.2 Å². The molecule has 0 amide bonds. The zero-order chi connectivity index (χ0) is 24.5. The average molecular weight is 494 g/mol. The lowest BCUT2D eigenvalue weighted by atomic mass is 10.1. The molecule has 0 atom stereocenters. The molecule has 0 unspecified atom stereocenters. The molecule has 0 spiro atoms. The lowest BCUT2D eigenvalue weighted by Gasteiger charge is -2.16. The molecule has 1 aliphatic heterocycles. The number of benzene rings is 3. The highest BCUT2D eigenvalue weighted by Crippen LogP contribution is 2.34. The number of hydrogen-bond donors (Lipinski definition) is 2. The van der Waals surface area contributed by atoms with E-state index in [0.29, 0.717) is 0 Å². The minimum absolute atomic E-state index is 0.940. The van der Waals surface area contributed by atoms with Crippen LogP contribution >= 0.6 is 11.8 Å². The fraction of sp³-hybridized carbons (Fsp3) is 0.258. The maximum absolute atomic E-state index is 3.85. The van der Waals surface area contributed by atoms with Gasteiger partial charge in [-0.25, -0.2) is 0 Å². The molecule has 1 aliphatic rings. The van der Waals surface area contributed by atoms with Gasteiger partial charge in [-0.15, -0.1) is 11.8 Å². The highest BCUT2D eigenvalue weighted by molar-refractivity contribution is 7.98. The Morgan fingerprint density at radius 2 is 1.69 bits per heavy atom. The van der Waals surface area contributed by atoms with Crippen molar-refractivity contribution >= 4 is 62.4 Å². The SMILES string of the molecule is CSc1ccc(/C=C/c2ccc3c(c2)c(NCCN2CCCC2)c2[nH]c4ccccc4c2[n+]3C)cc1. The molecule has 3 aromatic carbocycles. The van der Waals surface area contributed by atoms with Gasteiger partial charge in [0.25, 0.3) is 0 Å². The van der Waals surface area contributed by atoms with E-state index in [2.05, 4.69) is 112 Å². The molecule has 0 bridgehead atoms. The Morgan fingerprint density at radius 3 is 2.50 bits per heavy atom. The Kier molecular flexibility index (Phi) is 6.43. The molecule has 36 heavy (non-hydrogen) atoms. The van der Waals surface area contributed by atoms with E-state index in [1.54, 1.807) is 11.8 Å². The number of para-hydroxylation sites is 1. The van der Waals surface area contributed by atoms with Crippen LogP contribution in [0.1, 0.15) is 24.0 Å². The van der Waals surface area contributed by atoms with Crippen LogP contribution in [0.5, 0.6) is 0 Å². The highest BCUT2D eigenvalue weighted by atomic mass is 32.2. The van der Waals surface area contributed by atoms with E-state index in [0.717, 1.165) is 13.1 Å². The van der Waals surface area contributed by atoms with Gasteiger partial charge in [0, 0.05) is 24.1 Å². The van der Waals surface area contributed by atoms with Gasteiger partial charge in [-0.2, -0.15) is 4.57 Å². The first-order valence-electron chi connectivity index (χ1n) is 12.9. The number of likely N-dealkylation sites (tertiary alicyclic amines) is 1. The molecule has 4 nitrogen and oxygen atoms in total. The van der Waals surface area contributed by atoms with Crippen molar-refractivity contribution < 1.29 is 4.57 Å². The third kappa shape index (κ3) is 4.38. The lowest BCUT2D eigenvalue weighted by molar-refractivity contribution is -0.616. The van der Waals surface area contributed by atoms with E-state index < -0.39 is 0 Å². The summed E-state index contributed by atoms with van der Waals surface area (Å²) in [6.07, 6.45) is 9.18. The van der Waals surface area contributed by atoms with Crippen molar-refractivity contribution in [1.29, 1.82) is 0 Å². The van der Waals surface area contributed by atoms with Crippen molar-refractivity contribution in [1.82, 2.24) is 9.88 Å². The topological polar surface area (TPSA) is 34.9 Å². The fourth-order valence-electron chi connectivity index (χ4n) is 5.50. The van der Waals surface area contributed by atoms with Gasteiger partial charge in [0.2, 0.25) is 11.0 Å². The molecule has 1 fully saturated rings. The minimum atomic E-state index is 0.940. The van der Waals surface area contributed by atoms with Crippen LogP contribution in [0.3, 0.4) is 0 Å². The van der Waals surface area contributed by atoms with Gasteiger partial charge in [-0.05, 0) is 79.7 Å². The summed E-state index contributed by atoms with van der Waals surface area (Å²) in [5.41, 5.74) is 8.46. The number of pyridine rings is 1. The summed E-state index contributed by atoms with van der Waals surface area (Å²) < 4.78 is 2.34. The summed E-state index contributed by atoms with van der Waals surface area (Å²) >= 11 is 1.77. The predicted octanol–water partition coefficient (Wildman–Crippen LogP) is 6.70. The second-order valence-electron chi connectivity index (χ2n) is 9.69. The van der Waals surface area contributed by atoms with Crippen LogP contribution in [0, 0.1) is 0 Å². The standard InChI is InChI=1S/C31H32N4S/c1-34-28-16-13-23(10-9-22-11-14-24(36-2)15-12-22)21-26(28)29(32-17-20-35-18-5-6-19-35)30-31(34)25-7-3-4-8-27(25)33-30/h3-4,7-16,21H,5-6,17-20H2,1-2H3,(H,32,33)/p+1/b10-9+. The van der Waals surface area contributed by atoms with Gasteiger partial charge in [0.15, 0.2) is 0 Å². The Balaban J connectivity index is 1.43. The number of hydrogen-bond acceptors (Lipinski definition) is 3. The Morgan fingerprint density at radius 1 is 0.944 bits per heavy atom. The molecule has 6 rings (SSSR count). The zero-order valence-electron chi connectivity index (χ0n) is 21.1. The largest absolute Gasteiger partial charge is 0.381 e. The Bertz CT molecular complexity index is 1560. The smallest absolute Gasteiger partial charge is 0.240 e. The number of aryl methyl sites for hydroxylation is 1. The quantitative estimate of drug-likeness (QED) is 0.150. The summed E-state index contributed by atoms with van der Waals surface area (Å²) in [6, 6.07) is 24.2. The van der Waals surface area contributed by atoms with E-state index in [1.807, 2.05) is 0 Å². The first-order valence-corrected chi connectivity index (χ1v) is 14.1. The second-order valence-corrected chi connectivity index (χ2v) is 10.6. The Labute approximate surface area is 217 Å². The van der Waals surface area contributed by atoms with Crippen molar-refractivity contribution in [2.45, 2.75) is 17.7 Å². The third-order valence-corrected chi connectivity index (χ3v) is 8.17. The van der Waals surface area contributed by atoms with Gasteiger partial charge >= 0.3 is 0 Å². The number of fused-ring (bicyclic) bond motifs is 4.